The molecule has 1 heterocycles. The molecule has 1 aromatic heterocycles. The summed E-state index contributed by atoms with van der Waals surface area (Å²) < 4.78 is 14.7. The number of hydrogen-bond acceptors (Lipinski definition) is 3. The fraction of sp³-hybridized carbons (Fsp3) is 0. The van der Waals surface area contributed by atoms with Crippen molar-refractivity contribution < 1.29 is 14.3 Å². The summed E-state index contributed by atoms with van der Waals surface area (Å²) in [5.41, 5.74) is 0.501. The van der Waals surface area contributed by atoms with Crippen LogP contribution in [-0.2, 0) is 0 Å². The number of hydrogen-bond donors (Lipinski definition) is 2. The Bertz CT molecular complexity index is 797. The molecule has 0 saturated heterocycles. The van der Waals surface area contributed by atoms with Gasteiger partial charge in [-0.1, -0.05) is 0 Å². The van der Waals surface area contributed by atoms with E-state index in [1.165, 1.54) is 12.1 Å². The SMILES string of the molecule is O=C(Nc1ccc2sccc2c1)c1ccc(O)cc1F. The summed E-state index contributed by atoms with van der Waals surface area (Å²) in [7, 11) is 0. The van der Waals surface area contributed by atoms with Gasteiger partial charge in [-0.25, -0.2) is 4.39 Å². The molecule has 3 nitrogen and oxygen atoms in total. The molecule has 3 rings (SSSR count). The van der Waals surface area contributed by atoms with Crippen molar-refractivity contribution in [3.05, 3.63) is 59.2 Å². The lowest BCUT2D eigenvalue weighted by Gasteiger charge is -2.06. The lowest BCUT2D eigenvalue weighted by molar-refractivity contribution is 0.102. The molecule has 0 unspecified atom stereocenters. The summed E-state index contributed by atoms with van der Waals surface area (Å²) in [5, 5.41) is 14.8. The quantitative estimate of drug-likeness (QED) is 0.748. The summed E-state index contributed by atoms with van der Waals surface area (Å²) in [6, 6.07) is 10.9. The number of rotatable bonds is 2. The Morgan fingerprint density at radius 2 is 2.00 bits per heavy atom. The first-order valence-corrected chi connectivity index (χ1v) is 6.78. The first-order chi connectivity index (χ1) is 9.63. The predicted octanol–water partition coefficient (Wildman–Crippen LogP) is 4.00. The van der Waals surface area contributed by atoms with Crippen molar-refractivity contribution in [2.75, 3.05) is 5.32 Å². The third kappa shape index (κ3) is 2.35. The van der Waals surface area contributed by atoms with Crippen LogP contribution in [0.2, 0.25) is 0 Å². The molecule has 5 heteroatoms. The van der Waals surface area contributed by atoms with Crippen LogP contribution in [0.5, 0.6) is 5.75 Å². The highest BCUT2D eigenvalue weighted by Crippen LogP contribution is 2.24. The number of halogens is 1. The van der Waals surface area contributed by atoms with Crippen LogP contribution >= 0.6 is 11.3 Å². The van der Waals surface area contributed by atoms with Gasteiger partial charge >= 0.3 is 0 Å². The smallest absolute Gasteiger partial charge is 0.258 e. The van der Waals surface area contributed by atoms with Crippen LogP contribution in [0.3, 0.4) is 0 Å². The number of aromatic hydroxyl groups is 1. The molecule has 0 saturated carbocycles. The zero-order valence-electron chi connectivity index (χ0n) is 10.3. The third-order valence-corrected chi connectivity index (χ3v) is 3.81. The summed E-state index contributed by atoms with van der Waals surface area (Å²) in [6.45, 7) is 0. The van der Waals surface area contributed by atoms with Gasteiger partial charge in [-0.15, -0.1) is 11.3 Å². The Kier molecular flexibility index (Phi) is 3.12. The standard InChI is InChI=1S/C15H10FNO2S/c16-13-8-11(18)2-3-12(13)15(19)17-10-1-4-14-9(7-10)5-6-20-14/h1-8,18H,(H,17,19). The number of thiophene rings is 1. The van der Waals surface area contributed by atoms with E-state index in [1.807, 2.05) is 23.6 Å². The molecule has 0 fully saturated rings. The van der Waals surface area contributed by atoms with Gasteiger partial charge in [0, 0.05) is 16.5 Å². The second-order valence-corrected chi connectivity index (χ2v) is 5.24. The maximum Gasteiger partial charge on any atom is 0.258 e. The first-order valence-electron chi connectivity index (χ1n) is 5.90. The van der Waals surface area contributed by atoms with Crippen LogP contribution in [0.4, 0.5) is 10.1 Å². The number of phenolic OH excluding ortho intramolecular Hbond substituents is 1. The number of fused-ring (bicyclic) bond motifs is 1. The fourth-order valence-electron chi connectivity index (χ4n) is 1.93. The lowest BCUT2D eigenvalue weighted by Crippen LogP contribution is -2.13. The summed E-state index contributed by atoms with van der Waals surface area (Å²) in [4.78, 5) is 12.0. The van der Waals surface area contributed by atoms with Crippen LogP contribution in [0.25, 0.3) is 10.1 Å². The Morgan fingerprint density at radius 3 is 2.80 bits per heavy atom. The van der Waals surface area contributed by atoms with Crippen molar-refractivity contribution in [2.45, 2.75) is 0 Å². The Balaban J connectivity index is 1.87. The zero-order chi connectivity index (χ0) is 14.1. The minimum atomic E-state index is -0.751. The van der Waals surface area contributed by atoms with Crippen molar-refractivity contribution in [2.24, 2.45) is 0 Å². The second-order valence-electron chi connectivity index (χ2n) is 4.29. The van der Waals surface area contributed by atoms with E-state index in [0.717, 1.165) is 16.2 Å². The first kappa shape index (κ1) is 12.6. The topological polar surface area (TPSA) is 49.3 Å². The molecule has 0 bridgehead atoms. The summed E-state index contributed by atoms with van der Waals surface area (Å²) in [5.74, 6) is -1.50. The molecular weight excluding hydrogens is 277 g/mol. The minimum Gasteiger partial charge on any atom is -0.508 e. The van der Waals surface area contributed by atoms with Gasteiger partial charge in [0.15, 0.2) is 0 Å². The largest absolute Gasteiger partial charge is 0.508 e. The van der Waals surface area contributed by atoms with Crippen molar-refractivity contribution in [3.63, 3.8) is 0 Å². The van der Waals surface area contributed by atoms with Gasteiger partial charge in [-0.05, 0) is 47.2 Å². The number of phenols is 1. The lowest BCUT2D eigenvalue weighted by atomic mass is 10.1. The molecule has 20 heavy (non-hydrogen) atoms. The van der Waals surface area contributed by atoms with Gasteiger partial charge < -0.3 is 10.4 Å². The molecule has 100 valence electrons. The number of benzene rings is 2. The van der Waals surface area contributed by atoms with Gasteiger partial charge in [0.25, 0.3) is 5.91 Å². The molecular formula is C15H10FNO2S. The van der Waals surface area contributed by atoms with Gasteiger partial charge in [-0.3, -0.25) is 4.79 Å². The fourth-order valence-corrected chi connectivity index (χ4v) is 2.70. The molecule has 2 aromatic carbocycles. The summed E-state index contributed by atoms with van der Waals surface area (Å²) >= 11 is 1.61. The van der Waals surface area contributed by atoms with Crippen LogP contribution in [0.1, 0.15) is 10.4 Å². The molecule has 1 amide bonds. The molecule has 0 aliphatic heterocycles. The molecule has 0 aliphatic rings. The molecule has 0 radical (unpaired) electrons. The molecule has 0 spiro atoms. The second kappa shape index (κ2) is 4.94. The van der Waals surface area contributed by atoms with E-state index in [1.54, 1.807) is 17.4 Å². The van der Waals surface area contributed by atoms with E-state index < -0.39 is 11.7 Å². The van der Waals surface area contributed by atoms with Gasteiger partial charge in [0.1, 0.15) is 11.6 Å². The molecule has 0 aliphatic carbocycles. The summed E-state index contributed by atoms with van der Waals surface area (Å²) in [6.07, 6.45) is 0. The third-order valence-electron chi connectivity index (χ3n) is 2.91. The molecule has 0 atom stereocenters. The van der Waals surface area contributed by atoms with Crippen LogP contribution in [-0.4, -0.2) is 11.0 Å². The van der Waals surface area contributed by atoms with E-state index in [4.69, 9.17) is 5.11 Å². The normalized spacial score (nSPS) is 10.7. The maximum atomic E-state index is 13.6. The Labute approximate surface area is 118 Å². The maximum absolute atomic E-state index is 13.6. The van der Waals surface area contributed by atoms with Gasteiger partial charge in [-0.2, -0.15) is 0 Å². The van der Waals surface area contributed by atoms with Crippen molar-refractivity contribution in [1.29, 1.82) is 0 Å². The van der Waals surface area contributed by atoms with Crippen molar-refractivity contribution in [1.82, 2.24) is 0 Å². The van der Waals surface area contributed by atoms with E-state index in [9.17, 15) is 9.18 Å². The molecule has 3 aromatic rings. The van der Waals surface area contributed by atoms with E-state index in [-0.39, 0.29) is 11.3 Å². The van der Waals surface area contributed by atoms with Crippen LogP contribution in [0.15, 0.2) is 47.8 Å². The number of carbonyl (C=O) groups excluding carboxylic acids is 1. The predicted molar refractivity (Wildman–Crippen MR) is 77.8 cm³/mol. The average Bonchev–Trinajstić information content (AvgIpc) is 2.85. The van der Waals surface area contributed by atoms with Gasteiger partial charge in [0.2, 0.25) is 0 Å². The average molecular weight is 287 g/mol. The van der Waals surface area contributed by atoms with Crippen LogP contribution in [0, 0.1) is 5.82 Å². The highest BCUT2D eigenvalue weighted by molar-refractivity contribution is 7.17. The Hall–Kier alpha value is -2.40. The van der Waals surface area contributed by atoms with E-state index in [2.05, 4.69) is 5.32 Å². The number of amides is 1. The molecule has 2 N–H and O–H groups in total. The highest BCUT2D eigenvalue weighted by Gasteiger charge is 2.12. The highest BCUT2D eigenvalue weighted by atomic mass is 32.1. The van der Waals surface area contributed by atoms with Gasteiger partial charge in [0.05, 0.1) is 5.56 Å². The monoisotopic (exact) mass is 287 g/mol. The van der Waals surface area contributed by atoms with E-state index >= 15 is 0 Å². The minimum absolute atomic E-state index is 0.104. The van der Waals surface area contributed by atoms with Crippen molar-refractivity contribution in [3.8, 4) is 5.75 Å². The van der Waals surface area contributed by atoms with Crippen molar-refractivity contribution >= 4 is 33.0 Å². The number of nitrogens with one attached hydrogen (secondary N) is 1. The van der Waals surface area contributed by atoms with Crippen LogP contribution < -0.4 is 5.32 Å². The Morgan fingerprint density at radius 1 is 1.15 bits per heavy atom. The number of anilines is 1. The van der Waals surface area contributed by atoms with E-state index in [0.29, 0.717) is 5.69 Å². The zero-order valence-corrected chi connectivity index (χ0v) is 11.1. The number of carbonyl (C=O) groups is 1.